The zero-order chi connectivity index (χ0) is 14.7. The van der Waals surface area contributed by atoms with Gasteiger partial charge in [0.1, 0.15) is 5.69 Å². The van der Waals surface area contributed by atoms with E-state index in [4.69, 9.17) is 5.11 Å². The molecule has 0 saturated heterocycles. The Bertz CT molecular complexity index is 625. The first-order chi connectivity index (χ1) is 9.52. The maximum Gasteiger partial charge on any atom is 0.338 e. The van der Waals surface area contributed by atoms with Crippen molar-refractivity contribution in [1.82, 2.24) is 9.88 Å². The third-order valence-corrected chi connectivity index (χ3v) is 4.14. The topological polar surface area (TPSA) is 70.5 Å². The Balaban J connectivity index is 2.30. The second-order valence-electron chi connectivity index (χ2n) is 4.31. The molecule has 1 unspecified atom stereocenters. The van der Waals surface area contributed by atoms with Gasteiger partial charge in [0.15, 0.2) is 0 Å². The van der Waals surface area contributed by atoms with Gasteiger partial charge in [-0.25, -0.2) is 4.79 Å². The third kappa shape index (κ3) is 2.70. The van der Waals surface area contributed by atoms with Crippen LogP contribution in [0.2, 0.25) is 0 Å². The molecule has 104 valence electrons. The number of amides is 1. The predicted molar refractivity (Wildman–Crippen MR) is 76.0 cm³/mol. The summed E-state index contributed by atoms with van der Waals surface area (Å²) in [6, 6.07) is 6.61. The molecule has 1 N–H and O–H groups in total. The zero-order valence-electron chi connectivity index (χ0n) is 11.1. The van der Waals surface area contributed by atoms with Gasteiger partial charge < -0.3 is 10.0 Å². The molecule has 2 rings (SSSR count). The fourth-order valence-corrected chi connectivity index (χ4v) is 2.64. The normalized spacial score (nSPS) is 11.9. The minimum absolute atomic E-state index is 0.0362. The van der Waals surface area contributed by atoms with Gasteiger partial charge in [-0.3, -0.25) is 9.78 Å². The second-order valence-corrected chi connectivity index (χ2v) is 5.29. The highest BCUT2D eigenvalue weighted by molar-refractivity contribution is 7.10. The third-order valence-electron chi connectivity index (χ3n) is 3.10. The van der Waals surface area contributed by atoms with Crippen LogP contribution in [-0.2, 0) is 0 Å². The number of hydrogen-bond donors (Lipinski definition) is 1. The van der Waals surface area contributed by atoms with Gasteiger partial charge in [-0.2, -0.15) is 0 Å². The number of hydrogen-bond acceptors (Lipinski definition) is 4. The Labute approximate surface area is 120 Å². The summed E-state index contributed by atoms with van der Waals surface area (Å²) in [4.78, 5) is 30.0. The van der Waals surface area contributed by atoms with E-state index < -0.39 is 11.9 Å². The number of carbonyl (C=O) groups is 2. The van der Waals surface area contributed by atoms with Crippen molar-refractivity contribution in [3.05, 3.63) is 52.0 Å². The molecule has 2 aromatic rings. The number of pyridine rings is 1. The molecule has 0 radical (unpaired) electrons. The lowest BCUT2D eigenvalue weighted by atomic mass is 10.1. The maximum atomic E-state index is 12.4. The molecule has 2 aromatic heterocycles. The van der Waals surface area contributed by atoms with Gasteiger partial charge in [0.05, 0.1) is 11.6 Å². The van der Waals surface area contributed by atoms with Gasteiger partial charge in [-0.05, 0) is 30.5 Å². The number of rotatable bonds is 4. The molecule has 0 spiro atoms. The average Bonchev–Trinajstić information content (AvgIpc) is 2.99. The fraction of sp³-hybridized carbons (Fsp3) is 0.214. The molecule has 0 aliphatic carbocycles. The van der Waals surface area contributed by atoms with Crippen LogP contribution in [0.3, 0.4) is 0 Å². The summed E-state index contributed by atoms with van der Waals surface area (Å²) >= 11 is 1.55. The summed E-state index contributed by atoms with van der Waals surface area (Å²) < 4.78 is 0. The van der Waals surface area contributed by atoms with E-state index in [1.807, 2.05) is 24.4 Å². The number of aromatic carboxylic acids is 1. The molecular formula is C14H14N2O3S. The van der Waals surface area contributed by atoms with Crippen molar-refractivity contribution >= 4 is 23.2 Å². The van der Waals surface area contributed by atoms with E-state index in [0.29, 0.717) is 0 Å². The SMILES string of the molecule is CC(c1cccs1)N(C)C(=O)c1ncccc1C(=O)O. The largest absolute Gasteiger partial charge is 0.478 e. The van der Waals surface area contributed by atoms with Crippen LogP contribution in [0.4, 0.5) is 0 Å². The van der Waals surface area contributed by atoms with Gasteiger partial charge in [-0.15, -0.1) is 11.3 Å². The molecule has 0 aliphatic rings. The number of carbonyl (C=O) groups excluding carboxylic acids is 1. The number of carboxylic acid groups (broad SMARTS) is 1. The first kappa shape index (κ1) is 14.2. The Morgan fingerprint density at radius 2 is 2.10 bits per heavy atom. The lowest BCUT2D eigenvalue weighted by molar-refractivity contribution is 0.0669. The smallest absolute Gasteiger partial charge is 0.338 e. The monoisotopic (exact) mass is 290 g/mol. The van der Waals surface area contributed by atoms with E-state index in [1.54, 1.807) is 18.4 Å². The van der Waals surface area contributed by atoms with E-state index in [2.05, 4.69) is 4.98 Å². The Kier molecular flexibility index (Phi) is 4.14. The zero-order valence-corrected chi connectivity index (χ0v) is 11.9. The molecule has 1 amide bonds. The first-order valence-corrected chi connectivity index (χ1v) is 6.89. The van der Waals surface area contributed by atoms with E-state index in [0.717, 1.165) is 4.88 Å². The van der Waals surface area contributed by atoms with Crippen LogP contribution in [-0.4, -0.2) is 33.9 Å². The summed E-state index contributed by atoms with van der Waals surface area (Å²) in [5, 5.41) is 11.0. The maximum absolute atomic E-state index is 12.4. The molecule has 0 saturated carbocycles. The fourth-order valence-electron chi connectivity index (χ4n) is 1.81. The van der Waals surface area contributed by atoms with Crippen LogP contribution < -0.4 is 0 Å². The quantitative estimate of drug-likeness (QED) is 0.939. The number of nitrogens with zero attached hydrogens (tertiary/aromatic N) is 2. The number of aromatic nitrogens is 1. The first-order valence-electron chi connectivity index (χ1n) is 6.01. The van der Waals surface area contributed by atoms with Crippen molar-refractivity contribution in [3.8, 4) is 0 Å². The molecule has 0 fully saturated rings. The van der Waals surface area contributed by atoms with Crippen molar-refractivity contribution in [2.24, 2.45) is 0 Å². The van der Waals surface area contributed by atoms with Crippen molar-refractivity contribution in [2.45, 2.75) is 13.0 Å². The predicted octanol–water partition coefficient (Wildman–Crippen LogP) is 2.67. The summed E-state index contributed by atoms with van der Waals surface area (Å²) in [6.07, 6.45) is 1.42. The highest BCUT2D eigenvalue weighted by Crippen LogP contribution is 2.24. The minimum Gasteiger partial charge on any atom is -0.478 e. The van der Waals surface area contributed by atoms with Crippen molar-refractivity contribution < 1.29 is 14.7 Å². The molecule has 0 aromatic carbocycles. The standard InChI is InChI=1S/C14H14N2O3S/c1-9(11-6-4-8-20-11)16(2)13(17)12-10(14(18)19)5-3-7-15-12/h3-9H,1-2H3,(H,18,19). The van der Waals surface area contributed by atoms with Gasteiger partial charge in [0.25, 0.3) is 5.91 Å². The van der Waals surface area contributed by atoms with E-state index >= 15 is 0 Å². The molecular weight excluding hydrogens is 276 g/mol. The number of thiophene rings is 1. The summed E-state index contributed by atoms with van der Waals surface area (Å²) in [5.74, 6) is -1.55. The molecule has 6 heteroatoms. The minimum atomic E-state index is -1.15. The Hall–Kier alpha value is -2.21. The van der Waals surface area contributed by atoms with Crippen LogP contribution in [0.25, 0.3) is 0 Å². The molecule has 0 bridgehead atoms. The summed E-state index contributed by atoms with van der Waals surface area (Å²) in [5.41, 5.74) is -0.117. The Morgan fingerprint density at radius 1 is 1.35 bits per heavy atom. The molecule has 20 heavy (non-hydrogen) atoms. The highest BCUT2D eigenvalue weighted by Gasteiger charge is 2.24. The Morgan fingerprint density at radius 3 is 2.70 bits per heavy atom. The lowest BCUT2D eigenvalue weighted by Crippen LogP contribution is -2.31. The van der Waals surface area contributed by atoms with E-state index in [-0.39, 0.29) is 17.3 Å². The molecule has 1 atom stereocenters. The van der Waals surface area contributed by atoms with Gasteiger partial charge >= 0.3 is 5.97 Å². The number of carboxylic acids is 1. The molecule has 5 nitrogen and oxygen atoms in total. The van der Waals surface area contributed by atoms with Gasteiger partial charge in [0, 0.05) is 18.1 Å². The van der Waals surface area contributed by atoms with Crippen LogP contribution in [0, 0.1) is 0 Å². The van der Waals surface area contributed by atoms with Gasteiger partial charge in [0.2, 0.25) is 0 Å². The van der Waals surface area contributed by atoms with Crippen LogP contribution >= 0.6 is 11.3 Å². The van der Waals surface area contributed by atoms with Crippen LogP contribution in [0.5, 0.6) is 0 Å². The lowest BCUT2D eigenvalue weighted by Gasteiger charge is -2.24. The van der Waals surface area contributed by atoms with Gasteiger partial charge in [-0.1, -0.05) is 6.07 Å². The summed E-state index contributed by atoms with van der Waals surface area (Å²) in [7, 11) is 1.65. The van der Waals surface area contributed by atoms with Crippen LogP contribution in [0.15, 0.2) is 35.8 Å². The molecule has 2 heterocycles. The molecule has 0 aliphatic heterocycles. The average molecular weight is 290 g/mol. The van der Waals surface area contributed by atoms with E-state index in [9.17, 15) is 9.59 Å². The second kappa shape index (κ2) is 5.83. The highest BCUT2D eigenvalue weighted by atomic mass is 32.1. The van der Waals surface area contributed by atoms with Crippen molar-refractivity contribution in [1.29, 1.82) is 0 Å². The van der Waals surface area contributed by atoms with E-state index in [1.165, 1.54) is 23.2 Å². The van der Waals surface area contributed by atoms with Crippen molar-refractivity contribution in [2.75, 3.05) is 7.05 Å². The van der Waals surface area contributed by atoms with Crippen molar-refractivity contribution in [3.63, 3.8) is 0 Å². The summed E-state index contributed by atoms with van der Waals surface area (Å²) in [6.45, 7) is 1.90. The van der Waals surface area contributed by atoms with Crippen LogP contribution in [0.1, 0.15) is 38.7 Å².